The number of primary amides is 1. The van der Waals surface area contributed by atoms with Crippen molar-refractivity contribution in [3.8, 4) is 0 Å². The van der Waals surface area contributed by atoms with Gasteiger partial charge in [0.2, 0.25) is 0 Å². The van der Waals surface area contributed by atoms with Crippen molar-refractivity contribution in [2.24, 2.45) is 10.7 Å². The molecule has 3 fully saturated rings. The molecule has 0 bridgehead atoms. The molecule has 3 heterocycles. The molecule has 0 aliphatic carbocycles. The lowest BCUT2D eigenvalue weighted by Gasteiger charge is -2.49. The van der Waals surface area contributed by atoms with Gasteiger partial charge in [0.1, 0.15) is 0 Å². The van der Waals surface area contributed by atoms with Gasteiger partial charge in [0.15, 0.2) is 5.96 Å². The molecule has 4 N–H and O–H groups in total. The number of piperidine rings is 3. The first-order chi connectivity index (χ1) is 14.0. The molecule has 0 saturated carbocycles. The zero-order valence-corrected chi connectivity index (χ0v) is 21.2. The highest BCUT2D eigenvalue weighted by atomic mass is 127. The van der Waals surface area contributed by atoms with Crippen LogP contribution in [0.1, 0.15) is 51.9 Å². The van der Waals surface area contributed by atoms with Crippen LogP contribution in [0.2, 0.25) is 0 Å². The number of halogens is 1. The highest BCUT2D eigenvalue weighted by molar-refractivity contribution is 14.0. The van der Waals surface area contributed by atoms with E-state index in [2.05, 4.69) is 34.4 Å². The first kappa shape index (κ1) is 25.5. The van der Waals surface area contributed by atoms with Crippen LogP contribution >= 0.6 is 24.0 Å². The number of rotatable bonds is 5. The predicted octanol–water partition coefficient (Wildman–Crippen LogP) is 1.65. The summed E-state index contributed by atoms with van der Waals surface area (Å²) in [5.41, 5.74) is 5.61. The first-order valence-corrected chi connectivity index (χ1v) is 11.6. The molecule has 0 aromatic heterocycles. The van der Waals surface area contributed by atoms with Gasteiger partial charge in [0.05, 0.1) is 6.54 Å². The standard InChI is InChI=1S/C21H41N7O.HI/c1-3-23-20(25-18-7-13-27(14-8-18)19(22)29)24-17-21(9-15-26(2)16-10-21)28-11-5-4-6-12-28;/h18H,3-17H2,1-2H3,(H2,22,29)(H2,23,24,25);1H. The van der Waals surface area contributed by atoms with Gasteiger partial charge in [-0.05, 0) is 78.7 Å². The van der Waals surface area contributed by atoms with E-state index in [1.165, 1.54) is 45.2 Å². The Morgan fingerprint density at radius 1 is 1.07 bits per heavy atom. The lowest BCUT2D eigenvalue weighted by Crippen LogP contribution is -2.58. The molecule has 8 nitrogen and oxygen atoms in total. The summed E-state index contributed by atoms with van der Waals surface area (Å²) in [5.74, 6) is 0.917. The number of urea groups is 1. The van der Waals surface area contributed by atoms with Crippen LogP contribution in [0.3, 0.4) is 0 Å². The van der Waals surface area contributed by atoms with Crippen LogP contribution in [-0.4, -0.2) is 97.7 Å². The van der Waals surface area contributed by atoms with Gasteiger partial charge in [-0.25, -0.2) is 4.79 Å². The maximum atomic E-state index is 11.4. The quantitative estimate of drug-likeness (QED) is 0.283. The number of carbonyl (C=O) groups excluding carboxylic acids is 1. The lowest BCUT2D eigenvalue weighted by molar-refractivity contribution is 0.0208. The Hall–Kier alpha value is -0.810. The van der Waals surface area contributed by atoms with Crippen molar-refractivity contribution in [1.82, 2.24) is 25.3 Å². The van der Waals surface area contributed by atoms with Crippen molar-refractivity contribution in [1.29, 1.82) is 0 Å². The van der Waals surface area contributed by atoms with E-state index >= 15 is 0 Å². The molecule has 3 aliphatic rings. The van der Waals surface area contributed by atoms with Crippen molar-refractivity contribution in [2.75, 3.05) is 59.4 Å². The third-order valence-corrected chi connectivity index (χ3v) is 6.97. The van der Waals surface area contributed by atoms with Crippen LogP contribution in [0, 0.1) is 0 Å². The normalized spacial score (nSPS) is 24.2. The Labute approximate surface area is 199 Å². The summed E-state index contributed by atoms with van der Waals surface area (Å²) in [6.45, 7) is 10.0. The second-order valence-corrected chi connectivity index (χ2v) is 9.01. The zero-order chi connectivity index (χ0) is 20.7. The van der Waals surface area contributed by atoms with Crippen LogP contribution in [0.4, 0.5) is 4.79 Å². The van der Waals surface area contributed by atoms with Gasteiger partial charge in [-0.2, -0.15) is 0 Å². The number of amides is 2. The monoisotopic (exact) mass is 535 g/mol. The number of aliphatic imine (C=N–C) groups is 1. The zero-order valence-electron chi connectivity index (χ0n) is 18.9. The molecular weight excluding hydrogens is 493 g/mol. The highest BCUT2D eigenvalue weighted by Gasteiger charge is 2.39. The summed E-state index contributed by atoms with van der Waals surface area (Å²) in [6.07, 6.45) is 8.22. The van der Waals surface area contributed by atoms with Crippen LogP contribution in [-0.2, 0) is 0 Å². The predicted molar refractivity (Wildman–Crippen MR) is 134 cm³/mol. The van der Waals surface area contributed by atoms with E-state index in [0.717, 1.165) is 58.1 Å². The number of nitrogens with two attached hydrogens (primary N) is 1. The minimum absolute atomic E-state index is 0. The van der Waals surface area contributed by atoms with E-state index in [9.17, 15) is 4.79 Å². The molecule has 30 heavy (non-hydrogen) atoms. The largest absolute Gasteiger partial charge is 0.357 e. The molecule has 0 unspecified atom stereocenters. The van der Waals surface area contributed by atoms with E-state index < -0.39 is 0 Å². The van der Waals surface area contributed by atoms with Gasteiger partial charge in [-0.3, -0.25) is 9.89 Å². The number of nitrogens with one attached hydrogen (secondary N) is 2. The molecule has 2 amide bonds. The van der Waals surface area contributed by atoms with E-state index in [-0.39, 0.29) is 35.5 Å². The Balaban J connectivity index is 0.00000320. The summed E-state index contributed by atoms with van der Waals surface area (Å²) in [6, 6.07) is 0.0292. The smallest absolute Gasteiger partial charge is 0.314 e. The van der Waals surface area contributed by atoms with Crippen LogP contribution in [0.5, 0.6) is 0 Å². The van der Waals surface area contributed by atoms with E-state index in [1.54, 1.807) is 4.90 Å². The molecule has 0 spiro atoms. The van der Waals surface area contributed by atoms with Gasteiger partial charge in [-0.1, -0.05) is 6.42 Å². The molecule has 3 aliphatic heterocycles. The van der Waals surface area contributed by atoms with Gasteiger partial charge in [-0.15, -0.1) is 24.0 Å². The summed E-state index contributed by atoms with van der Waals surface area (Å²) in [4.78, 5) is 23.4. The van der Waals surface area contributed by atoms with Crippen LogP contribution in [0.25, 0.3) is 0 Å². The fourth-order valence-electron chi connectivity index (χ4n) is 4.96. The minimum atomic E-state index is -0.310. The molecule has 174 valence electrons. The number of hydrogen-bond donors (Lipinski definition) is 3. The molecular formula is C21H42IN7O. The Bertz CT molecular complexity index is 552. The average Bonchev–Trinajstić information content (AvgIpc) is 2.74. The fourth-order valence-corrected chi connectivity index (χ4v) is 4.96. The number of likely N-dealkylation sites (tertiary alicyclic amines) is 3. The number of hydrogen-bond acceptors (Lipinski definition) is 4. The van der Waals surface area contributed by atoms with Gasteiger partial charge in [0.25, 0.3) is 0 Å². The maximum Gasteiger partial charge on any atom is 0.314 e. The highest BCUT2D eigenvalue weighted by Crippen LogP contribution is 2.31. The van der Waals surface area contributed by atoms with Crippen molar-refractivity contribution in [3.05, 3.63) is 0 Å². The minimum Gasteiger partial charge on any atom is -0.357 e. The third kappa shape index (κ3) is 6.85. The van der Waals surface area contributed by atoms with Crippen molar-refractivity contribution in [2.45, 2.75) is 63.5 Å². The molecule has 0 aromatic carbocycles. The molecule has 0 atom stereocenters. The summed E-state index contributed by atoms with van der Waals surface area (Å²) >= 11 is 0. The summed E-state index contributed by atoms with van der Waals surface area (Å²) < 4.78 is 0. The first-order valence-electron chi connectivity index (χ1n) is 11.6. The second-order valence-electron chi connectivity index (χ2n) is 9.01. The van der Waals surface area contributed by atoms with Gasteiger partial charge in [0, 0.05) is 31.2 Å². The Kier molecular flexibility index (Phi) is 10.4. The van der Waals surface area contributed by atoms with Crippen LogP contribution < -0.4 is 16.4 Å². The molecule has 0 aromatic rings. The number of guanidine groups is 1. The molecule has 0 radical (unpaired) electrons. The average molecular weight is 536 g/mol. The van der Waals surface area contributed by atoms with Crippen LogP contribution in [0.15, 0.2) is 4.99 Å². The van der Waals surface area contributed by atoms with E-state index in [0.29, 0.717) is 6.04 Å². The Morgan fingerprint density at radius 2 is 1.70 bits per heavy atom. The van der Waals surface area contributed by atoms with Gasteiger partial charge >= 0.3 is 6.03 Å². The SMILES string of the molecule is CCNC(=NCC1(N2CCCCC2)CCN(C)CC1)NC1CCN(C(N)=O)CC1.I. The molecule has 3 saturated heterocycles. The lowest BCUT2D eigenvalue weighted by atomic mass is 9.84. The van der Waals surface area contributed by atoms with Crippen molar-refractivity contribution in [3.63, 3.8) is 0 Å². The molecule has 3 rings (SSSR count). The number of carbonyl (C=O) groups is 1. The summed E-state index contributed by atoms with van der Waals surface area (Å²) in [7, 11) is 2.23. The second kappa shape index (κ2) is 12.3. The van der Waals surface area contributed by atoms with E-state index in [4.69, 9.17) is 10.7 Å². The van der Waals surface area contributed by atoms with Crippen molar-refractivity contribution < 1.29 is 4.79 Å². The molecule has 9 heteroatoms. The Morgan fingerprint density at radius 3 is 2.27 bits per heavy atom. The van der Waals surface area contributed by atoms with E-state index in [1.807, 2.05) is 0 Å². The number of nitrogens with zero attached hydrogens (tertiary/aromatic N) is 4. The summed E-state index contributed by atoms with van der Waals surface area (Å²) in [5, 5.41) is 7.05. The fraction of sp³-hybridized carbons (Fsp3) is 0.905. The maximum absolute atomic E-state index is 11.4. The third-order valence-electron chi connectivity index (χ3n) is 6.97. The topological polar surface area (TPSA) is 89.2 Å². The van der Waals surface area contributed by atoms with Gasteiger partial charge < -0.3 is 26.2 Å². The van der Waals surface area contributed by atoms with Crippen molar-refractivity contribution >= 4 is 36.0 Å².